The van der Waals surface area contributed by atoms with E-state index in [2.05, 4.69) is 41.5 Å². The fourth-order valence-electron chi connectivity index (χ4n) is 3.63. The van der Waals surface area contributed by atoms with Crippen LogP contribution in [0, 0.1) is 0 Å². The van der Waals surface area contributed by atoms with Crippen LogP contribution in [0.1, 0.15) is 51.0 Å². The first-order chi connectivity index (χ1) is 11.5. The first-order valence-electron chi connectivity index (χ1n) is 8.97. The molecule has 2 N–H and O–H groups in total. The average Bonchev–Trinajstić information content (AvgIpc) is 2.58. The summed E-state index contributed by atoms with van der Waals surface area (Å²) in [6.07, 6.45) is 3.37. The zero-order valence-corrected chi connectivity index (χ0v) is 14.5. The minimum atomic E-state index is -0.317. The molecule has 2 aliphatic rings. The van der Waals surface area contributed by atoms with Gasteiger partial charge in [0.2, 0.25) is 11.8 Å². The highest BCUT2D eigenvalue weighted by atomic mass is 16.2. The first kappa shape index (κ1) is 17.0. The Morgan fingerprint density at radius 3 is 2.33 bits per heavy atom. The van der Waals surface area contributed by atoms with Crippen molar-refractivity contribution in [2.75, 3.05) is 18.4 Å². The van der Waals surface area contributed by atoms with Crippen LogP contribution in [-0.2, 0) is 9.59 Å². The molecule has 2 heterocycles. The number of rotatable bonds is 4. The average molecular weight is 329 g/mol. The summed E-state index contributed by atoms with van der Waals surface area (Å²) in [5, 5.41) is 5.61. The van der Waals surface area contributed by atoms with Crippen molar-refractivity contribution < 1.29 is 9.59 Å². The van der Waals surface area contributed by atoms with Gasteiger partial charge in [-0.1, -0.05) is 12.1 Å². The molecule has 0 aliphatic carbocycles. The molecular weight excluding hydrogens is 302 g/mol. The number of carbonyl (C=O) groups is 2. The fourth-order valence-corrected chi connectivity index (χ4v) is 3.63. The number of nitrogens with zero attached hydrogens (tertiary/aromatic N) is 1. The largest absolute Gasteiger partial charge is 0.374 e. The van der Waals surface area contributed by atoms with Gasteiger partial charge in [0.1, 0.15) is 6.04 Å². The number of imide groups is 1. The molecule has 5 heteroatoms. The minimum absolute atomic E-state index is 0.180. The summed E-state index contributed by atoms with van der Waals surface area (Å²) in [4.78, 5) is 25.5. The summed E-state index contributed by atoms with van der Waals surface area (Å²) in [7, 11) is 0. The molecule has 2 amide bonds. The van der Waals surface area contributed by atoms with E-state index in [0.717, 1.165) is 5.69 Å². The Bertz CT molecular complexity index is 589. The van der Waals surface area contributed by atoms with E-state index in [4.69, 9.17) is 0 Å². The third-order valence-electron chi connectivity index (χ3n) is 5.22. The van der Waals surface area contributed by atoms with Crippen LogP contribution in [-0.4, -0.2) is 41.9 Å². The van der Waals surface area contributed by atoms with E-state index in [1.54, 1.807) is 0 Å². The summed E-state index contributed by atoms with van der Waals surface area (Å²) < 4.78 is 0. The van der Waals surface area contributed by atoms with Gasteiger partial charge in [-0.2, -0.15) is 0 Å². The van der Waals surface area contributed by atoms with Gasteiger partial charge < -0.3 is 10.2 Å². The van der Waals surface area contributed by atoms with Crippen LogP contribution in [0.4, 0.5) is 5.69 Å². The molecule has 1 atom stereocenters. The van der Waals surface area contributed by atoms with Crippen molar-refractivity contribution >= 4 is 17.5 Å². The van der Waals surface area contributed by atoms with Crippen molar-refractivity contribution in [3.05, 3.63) is 29.8 Å². The molecule has 130 valence electrons. The van der Waals surface area contributed by atoms with E-state index in [1.165, 1.54) is 31.5 Å². The van der Waals surface area contributed by atoms with Crippen molar-refractivity contribution in [1.29, 1.82) is 0 Å². The maximum Gasteiger partial charge on any atom is 0.249 e. The molecule has 2 aliphatic heterocycles. The number of hydrogen-bond donors (Lipinski definition) is 2. The van der Waals surface area contributed by atoms with Crippen LogP contribution in [0.15, 0.2) is 24.3 Å². The molecule has 1 aromatic rings. The number of carbonyl (C=O) groups excluding carboxylic acids is 2. The number of likely N-dealkylation sites (tertiary alicyclic amines) is 1. The molecular formula is C19H27N3O2. The van der Waals surface area contributed by atoms with Gasteiger partial charge in [0.05, 0.1) is 0 Å². The van der Waals surface area contributed by atoms with Gasteiger partial charge >= 0.3 is 0 Å². The third-order valence-corrected chi connectivity index (χ3v) is 5.22. The maximum absolute atomic E-state index is 11.8. The zero-order valence-electron chi connectivity index (χ0n) is 14.5. The predicted molar refractivity (Wildman–Crippen MR) is 94.9 cm³/mol. The van der Waals surface area contributed by atoms with Gasteiger partial charge in [0, 0.05) is 18.2 Å². The predicted octanol–water partition coefficient (Wildman–Crippen LogP) is 2.49. The third kappa shape index (κ3) is 3.96. The molecule has 5 nitrogen and oxygen atoms in total. The highest BCUT2D eigenvalue weighted by Crippen LogP contribution is 2.29. The number of nitrogens with one attached hydrogen (secondary N) is 2. The maximum atomic E-state index is 11.8. The molecule has 24 heavy (non-hydrogen) atoms. The van der Waals surface area contributed by atoms with Crippen LogP contribution in [0.25, 0.3) is 0 Å². The summed E-state index contributed by atoms with van der Waals surface area (Å²) in [6.45, 7) is 6.85. The van der Waals surface area contributed by atoms with E-state index in [9.17, 15) is 9.59 Å². The number of benzene rings is 1. The van der Waals surface area contributed by atoms with Crippen LogP contribution in [0.2, 0.25) is 0 Å². The standard InChI is InChI=1S/C19H27N3O2/c1-13(2)22-11-9-15(10-12-22)14-3-5-16(6-4-14)20-17-7-8-18(23)21-19(17)24/h3-6,13,15,17,20H,7-12H2,1-2H3,(H,21,23,24). The Kier molecular flexibility index (Phi) is 5.19. The van der Waals surface area contributed by atoms with Crippen LogP contribution >= 0.6 is 0 Å². The number of amides is 2. The lowest BCUT2D eigenvalue weighted by atomic mass is 9.89. The second kappa shape index (κ2) is 7.34. The van der Waals surface area contributed by atoms with Crippen molar-refractivity contribution in [3.8, 4) is 0 Å². The highest BCUT2D eigenvalue weighted by molar-refractivity contribution is 6.01. The second-order valence-electron chi connectivity index (χ2n) is 7.17. The Hall–Kier alpha value is -1.88. The number of anilines is 1. The van der Waals surface area contributed by atoms with Gasteiger partial charge in [0.25, 0.3) is 0 Å². The Morgan fingerprint density at radius 1 is 1.08 bits per heavy atom. The van der Waals surface area contributed by atoms with Crippen molar-refractivity contribution in [2.24, 2.45) is 0 Å². The molecule has 3 rings (SSSR count). The van der Waals surface area contributed by atoms with E-state index in [-0.39, 0.29) is 17.9 Å². The van der Waals surface area contributed by atoms with Gasteiger partial charge in [0.15, 0.2) is 0 Å². The Balaban J connectivity index is 1.56. The van der Waals surface area contributed by atoms with E-state index in [1.807, 2.05) is 12.1 Å². The molecule has 0 bridgehead atoms. The normalized spacial score (nSPS) is 23.4. The number of hydrogen-bond acceptors (Lipinski definition) is 4. The monoisotopic (exact) mass is 329 g/mol. The minimum Gasteiger partial charge on any atom is -0.374 e. The van der Waals surface area contributed by atoms with E-state index < -0.39 is 0 Å². The summed E-state index contributed by atoms with van der Waals surface area (Å²) in [5.74, 6) is 0.224. The molecule has 0 aromatic heterocycles. The van der Waals surface area contributed by atoms with Crippen LogP contribution in [0.3, 0.4) is 0 Å². The number of piperidine rings is 2. The van der Waals surface area contributed by atoms with E-state index >= 15 is 0 Å². The second-order valence-corrected chi connectivity index (χ2v) is 7.17. The lowest BCUT2D eigenvalue weighted by Gasteiger charge is -2.34. The van der Waals surface area contributed by atoms with Gasteiger partial charge in [-0.25, -0.2) is 0 Å². The van der Waals surface area contributed by atoms with Crippen molar-refractivity contribution in [3.63, 3.8) is 0 Å². The lowest BCUT2D eigenvalue weighted by molar-refractivity contribution is -0.133. The van der Waals surface area contributed by atoms with Gasteiger partial charge in [-0.05, 0) is 69.8 Å². The van der Waals surface area contributed by atoms with Gasteiger partial charge in [-0.3, -0.25) is 14.9 Å². The molecule has 0 spiro atoms. The summed E-state index contributed by atoms with van der Waals surface area (Å²) >= 11 is 0. The van der Waals surface area contributed by atoms with Crippen molar-refractivity contribution in [1.82, 2.24) is 10.2 Å². The first-order valence-corrected chi connectivity index (χ1v) is 8.97. The molecule has 0 radical (unpaired) electrons. The van der Waals surface area contributed by atoms with Crippen LogP contribution < -0.4 is 10.6 Å². The van der Waals surface area contributed by atoms with Crippen molar-refractivity contribution in [2.45, 2.75) is 57.5 Å². The molecule has 0 saturated carbocycles. The topological polar surface area (TPSA) is 61.4 Å². The highest BCUT2D eigenvalue weighted by Gasteiger charge is 2.26. The molecule has 1 aromatic carbocycles. The van der Waals surface area contributed by atoms with Gasteiger partial charge in [-0.15, -0.1) is 0 Å². The molecule has 2 saturated heterocycles. The quantitative estimate of drug-likeness (QED) is 0.833. The fraction of sp³-hybridized carbons (Fsp3) is 0.579. The summed E-state index contributed by atoms with van der Waals surface area (Å²) in [5.41, 5.74) is 2.32. The van der Waals surface area contributed by atoms with E-state index in [0.29, 0.717) is 24.8 Å². The molecule has 2 fully saturated rings. The van der Waals surface area contributed by atoms with Crippen LogP contribution in [0.5, 0.6) is 0 Å². The summed E-state index contributed by atoms with van der Waals surface area (Å²) in [6, 6.07) is 8.75. The SMILES string of the molecule is CC(C)N1CCC(c2ccc(NC3CCC(=O)NC3=O)cc2)CC1. The smallest absolute Gasteiger partial charge is 0.249 e. The molecule has 1 unspecified atom stereocenters. The lowest BCUT2D eigenvalue weighted by Crippen LogP contribution is -2.47. The Morgan fingerprint density at radius 2 is 1.75 bits per heavy atom. The zero-order chi connectivity index (χ0) is 17.1. The Labute approximate surface area is 143 Å².